The lowest BCUT2D eigenvalue weighted by Crippen LogP contribution is -2.21. The van der Waals surface area contributed by atoms with Gasteiger partial charge < -0.3 is 14.9 Å². The zero-order valence-corrected chi connectivity index (χ0v) is 21.5. The van der Waals surface area contributed by atoms with Crippen molar-refractivity contribution in [3.8, 4) is 24.3 Å². The Balaban J connectivity index is 0.000000208. The molecule has 2 heterocycles. The molecular formula is C27H35N3O5S. The highest BCUT2D eigenvalue weighted by Gasteiger charge is 2.19. The number of hydrogen-bond acceptors (Lipinski definition) is 5. The van der Waals surface area contributed by atoms with E-state index in [4.69, 9.17) is 9.84 Å². The Labute approximate surface area is 215 Å². The first-order chi connectivity index (χ1) is 17.5. The molecule has 2 aromatic carbocycles. The Kier molecular flexibility index (Phi) is 12.5. The van der Waals surface area contributed by atoms with Gasteiger partial charge in [-0.25, -0.2) is 8.51 Å². The molecule has 5 rings (SSSR count). The standard InChI is InChI=1S/C12H17NO2S.C9H8N2O3.C4H8.C2H2/c1-2-15-11-5-7-12(8-6-11)16(14)13-9-3-4-10-13;12-5-1-2-7-6(3-5)8(11-10-7)4-9(13)14;1-2-4-3-1;1-2/h5-8H,2-4,9-10H2,1H3;1-3,12H,4H2,(H,10,11)(H,13,14);1-4H2;1-2H. The number of aromatic amines is 1. The Morgan fingerprint density at radius 3 is 2.19 bits per heavy atom. The summed E-state index contributed by atoms with van der Waals surface area (Å²) < 4.78 is 19.5. The minimum Gasteiger partial charge on any atom is -0.508 e. The second kappa shape index (κ2) is 15.6. The van der Waals surface area contributed by atoms with Gasteiger partial charge in [-0.3, -0.25) is 9.89 Å². The average molecular weight is 514 g/mol. The maximum atomic E-state index is 12.1. The summed E-state index contributed by atoms with van der Waals surface area (Å²) in [7, 11) is -0.993. The van der Waals surface area contributed by atoms with Crippen LogP contribution in [0.2, 0.25) is 0 Å². The van der Waals surface area contributed by atoms with E-state index in [0.717, 1.165) is 36.6 Å². The first-order valence-corrected chi connectivity index (χ1v) is 13.2. The molecule has 3 aromatic rings. The smallest absolute Gasteiger partial charge is 0.309 e. The number of aromatic nitrogens is 2. The normalized spacial score (nSPS) is 15.1. The van der Waals surface area contributed by atoms with Crippen LogP contribution in [0.4, 0.5) is 0 Å². The number of rotatable bonds is 6. The average Bonchev–Trinajstić information content (AvgIpc) is 3.51. The van der Waals surface area contributed by atoms with Crippen LogP contribution in [0.25, 0.3) is 10.9 Å². The highest BCUT2D eigenvalue weighted by atomic mass is 32.2. The van der Waals surface area contributed by atoms with E-state index in [1.165, 1.54) is 37.8 Å². The molecule has 1 saturated heterocycles. The van der Waals surface area contributed by atoms with Gasteiger partial charge in [0.25, 0.3) is 0 Å². The van der Waals surface area contributed by atoms with E-state index in [2.05, 4.69) is 23.0 Å². The van der Waals surface area contributed by atoms with Crippen molar-refractivity contribution < 1.29 is 24.0 Å². The molecule has 194 valence electrons. The molecular weight excluding hydrogens is 478 g/mol. The minimum atomic E-state index is -0.993. The maximum Gasteiger partial charge on any atom is 0.309 e. The summed E-state index contributed by atoms with van der Waals surface area (Å²) in [5, 5.41) is 25.0. The number of carbonyl (C=O) groups is 1. The summed E-state index contributed by atoms with van der Waals surface area (Å²) in [5.74, 6) is 0.00843. The number of H-pyrrole nitrogens is 1. The largest absolute Gasteiger partial charge is 0.508 e. The van der Waals surface area contributed by atoms with Crippen LogP contribution >= 0.6 is 0 Å². The number of benzene rings is 2. The number of aliphatic carboxylic acids is 1. The van der Waals surface area contributed by atoms with Gasteiger partial charge in [0.2, 0.25) is 0 Å². The fourth-order valence-electron chi connectivity index (χ4n) is 3.41. The van der Waals surface area contributed by atoms with E-state index in [1.54, 1.807) is 6.07 Å². The molecule has 1 saturated carbocycles. The Morgan fingerprint density at radius 1 is 1.06 bits per heavy atom. The predicted molar refractivity (Wildman–Crippen MR) is 142 cm³/mol. The van der Waals surface area contributed by atoms with Crippen molar-refractivity contribution in [1.82, 2.24) is 14.5 Å². The fourth-order valence-corrected chi connectivity index (χ4v) is 4.67. The van der Waals surface area contributed by atoms with Gasteiger partial charge in [-0.2, -0.15) is 5.10 Å². The summed E-state index contributed by atoms with van der Waals surface area (Å²) in [4.78, 5) is 11.4. The number of terminal acetylenes is 1. The lowest BCUT2D eigenvalue weighted by Gasteiger charge is -2.13. The third-order valence-electron chi connectivity index (χ3n) is 5.58. The number of nitrogens with zero attached hydrogens (tertiary/aromatic N) is 2. The highest BCUT2D eigenvalue weighted by Crippen LogP contribution is 2.22. The Hall–Kier alpha value is -3.35. The molecule has 2 aliphatic rings. The van der Waals surface area contributed by atoms with Crippen LogP contribution in [0.3, 0.4) is 0 Å². The molecule has 3 N–H and O–H groups in total. The first kappa shape index (κ1) is 28.9. The number of phenolic OH excluding ortho intramolecular Hbond substituents is 1. The van der Waals surface area contributed by atoms with Crippen molar-refractivity contribution in [3.05, 3.63) is 48.2 Å². The molecule has 36 heavy (non-hydrogen) atoms. The number of ether oxygens (including phenoxy) is 1. The van der Waals surface area contributed by atoms with Gasteiger partial charge in [0.05, 0.1) is 29.1 Å². The van der Waals surface area contributed by atoms with E-state index in [0.29, 0.717) is 23.2 Å². The van der Waals surface area contributed by atoms with Crippen LogP contribution in [-0.2, 0) is 22.2 Å². The molecule has 9 heteroatoms. The number of carboxylic acids is 1. The molecule has 1 aliphatic carbocycles. The van der Waals surface area contributed by atoms with Crippen molar-refractivity contribution in [1.29, 1.82) is 0 Å². The van der Waals surface area contributed by atoms with E-state index in [-0.39, 0.29) is 12.2 Å². The van der Waals surface area contributed by atoms with Gasteiger partial charge in [-0.05, 0) is 62.2 Å². The second-order valence-electron chi connectivity index (χ2n) is 8.18. The first-order valence-electron chi connectivity index (χ1n) is 12.1. The number of nitrogens with one attached hydrogen (secondary N) is 1. The van der Waals surface area contributed by atoms with E-state index in [9.17, 15) is 14.1 Å². The van der Waals surface area contributed by atoms with Gasteiger partial charge in [-0.1, -0.05) is 25.7 Å². The monoisotopic (exact) mass is 513 g/mol. The van der Waals surface area contributed by atoms with E-state index < -0.39 is 17.0 Å². The SMILES string of the molecule is C#C.C1CCC1.CCOc1ccc(S(=O)N2CCCC2)cc1.O=C(O)Cc1[nH]nc2ccc(O)cc12. The lowest BCUT2D eigenvalue weighted by atomic mass is 10.0. The molecule has 1 unspecified atom stereocenters. The molecule has 0 spiro atoms. The summed E-state index contributed by atoms with van der Waals surface area (Å²) in [6.45, 7) is 4.50. The van der Waals surface area contributed by atoms with Crippen LogP contribution < -0.4 is 4.74 Å². The molecule has 1 atom stereocenters. The molecule has 2 fully saturated rings. The topological polar surface area (TPSA) is 116 Å². The third kappa shape index (κ3) is 9.02. The summed E-state index contributed by atoms with van der Waals surface area (Å²) in [5.41, 5.74) is 1.16. The minimum absolute atomic E-state index is 0.102. The van der Waals surface area contributed by atoms with E-state index >= 15 is 0 Å². The molecule has 1 aromatic heterocycles. The van der Waals surface area contributed by atoms with Crippen LogP contribution in [0.15, 0.2) is 47.4 Å². The quantitative estimate of drug-likeness (QED) is 0.404. The fraction of sp³-hybridized carbons (Fsp3) is 0.407. The van der Waals surface area contributed by atoms with Crippen molar-refractivity contribution in [3.63, 3.8) is 0 Å². The molecule has 8 nitrogen and oxygen atoms in total. The van der Waals surface area contributed by atoms with Crippen molar-refractivity contribution in [2.75, 3.05) is 19.7 Å². The van der Waals surface area contributed by atoms with Gasteiger partial charge in [0.1, 0.15) is 22.5 Å². The van der Waals surface area contributed by atoms with Crippen molar-refractivity contribution >= 4 is 27.9 Å². The van der Waals surface area contributed by atoms with E-state index in [1.807, 2.05) is 35.5 Å². The zero-order valence-electron chi connectivity index (χ0n) is 20.7. The number of fused-ring (bicyclic) bond motifs is 1. The van der Waals surface area contributed by atoms with Crippen molar-refractivity contribution in [2.24, 2.45) is 0 Å². The highest BCUT2D eigenvalue weighted by molar-refractivity contribution is 7.82. The zero-order chi connectivity index (χ0) is 26.3. The molecule has 1 aliphatic heterocycles. The maximum absolute atomic E-state index is 12.1. The van der Waals surface area contributed by atoms with Crippen molar-refractivity contribution in [2.45, 2.75) is 56.8 Å². The van der Waals surface area contributed by atoms with Gasteiger partial charge in [0, 0.05) is 18.5 Å². The molecule has 0 radical (unpaired) electrons. The third-order valence-corrected chi connectivity index (χ3v) is 7.09. The van der Waals surface area contributed by atoms with Gasteiger partial charge in [-0.15, -0.1) is 12.8 Å². The summed E-state index contributed by atoms with van der Waals surface area (Å²) in [6.07, 6.45) is 16.2. The predicted octanol–water partition coefficient (Wildman–Crippen LogP) is 4.91. The second-order valence-corrected chi connectivity index (χ2v) is 9.66. The van der Waals surface area contributed by atoms with Crippen LogP contribution in [0.5, 0.6) is 11.5 Å². The van der Waals surface area contributed by atoms with Crippen LogP contribution in [0, 0.1) is 12.8 Å². The number of aromatic hydroxyl groups is 1. The lowest BCUT2D eigenvalue weighted by molar-refractivity contribution is -0.136. The number of phenols is 1. The number of hydrogen-bond donors (Lipinski definition) is 3. The Bertz CT molecular complexity index is 1110. The summed E-state index contributed by atoms with van der Waals surface area (Å²) >= 11 is 0. The summed E-state index contributed by atoms with van der Waals surface area (Å²) in [6, 6.07) is 12.2. The van der Waals surface area contributed by atoms with Gasteiger partial charge >= 0.3 is 5.97 Å². The molecule has 0 amide bonds. The Morgan fingerprint density at radius 2 is 1.67 bits per heavy atom. The van der Waals surface area contributed by atoms with Gasteiger partial charge in [0.15, 0.2) is 0 Å². The van der Waals surface area contributed by atoms with Crippen LogP contribution in [-0.4, -0.2) is 54.6 Å². The van der Waals surface area contributed by atoms with Crippen LogP contribution in [0.1, 0.15) is 51.1 Å². The molecule has 0 bridgehead atoms. The number of carboxylic acid groups (broad SMARTS) is 1.